The molecule has 0 fully saturated rings. The van der Waals surface area contributed by atoms with Crippen molar-refractivity contribution in [2.45, 2.75) is 64.2 Å². The lowest BCUT2D eigenvalue weighted by Crippen LogP contribution is -2.56. The molecule has 0 saturated heterocycles. The van der Waals surface area contributed by atoms with Gasteiger partial charge in [-0.15, -0.1) is 0 Å². The Morgan fingerprint density at radius 1 is 1.04 bits per heavy atom. The Kier molecular flexibility index (Phi) is 10.8. The molecule has 3 atom stereocenters. The van der Waals surface area contributed by atoms with Gasteiger partial charge in [0.2, 0.25) is 23.6 Å². The Morgan fingerprint density at radius 3 is 2.41 bits per heavy atom. The van der Waals surface area contributed by atoms with Gasteiger partial charge in [0.15, 0.2) is 5.96 Å². The van der Waals surface area contributed by atoms with Crippen molar-refractivity contribution in [3.05, 3.63) is 76.3 Å². The lowest BCUT2D eigenvalue weighted by Gasteiger charge is -2.26. The van der Waals surface area contributed by atoms with Crippen LogP contribution in [0, 0.1) is 13.8 Å². The van der Waals surface area contributed by atoms with Gasteiger partial charge in [-0.2, -0.15) is 0 Å². The second-order valence-electron chi connectivity index (χ2n) is 11.7. The van der Waals surface area contributed by atoms with E-state index in [0.29, 0.717) is 6.42 Å². The summed E-state index contributed by atoms with van der Waals surface area (Å²) >= 11 is 0. The van der Waals surface area contributed by atoms with Crippen molar-refractivity contribution in [1.82, 2.24) is 15.5 Å². The molecule has 13 nitrogen and oxygen atoms in total. The second-order valence-corrected chi connectivity index (χ2v) is 11.7. The van der Waals surface area contributed by atoms with E-state index in [4.69, 9.17) is 22.9 Å². The standard InChI is InChI=1S/C33H42N8O5/c1-18-12-22(42)13-19(2)24(18)14-26(34)30(44)39-27(8-5-11-38-33(36)37)31(45)40-28-15-25-21(16-41(32(28)46)17-29(35)43)10-9-20-6-3-4-7-23(20)25/h3-4,6-7,9-10,12-13,26-28,42H,5,8,11,14-17,34H2,1-2H3,(H2,35,43)(H,39,44)(H,40,45)(H4,36,37,38)/t26-,27+,28-/m0/s1. The zero-order valence-corrected chi connectivity index (χ0v) is 26.1. The summed E-state index contributed by atoms with van der Waals surface area (Å²) in [7, 11) is 0. The summed E-state index contributed by atoms with van der Waals surface area (Å²) in [5.41, 5.74) is 26.8. The molecular weight excluding hydrogens is 588 g/mol. The molecule has 46 heavy (non-hydrogen) atoms. The van der Waals surface area contributed by atoms with Crippen molar-refractivity contribution in [2.75, 3.05) is 13.1 Å². The van der Waals surface area contributed by atoms with Gasteiger partial charge in [-0.1, -0.05) is 36.4 Å². The number of guanidine groups is 1. The molecule has 3 aromatic carbocycles. The van der Waals surface area contributed by atoms with E-state index < -0.39 is 41.8 Å². The fourth-order valence-electron chi connectivity index (χ4n) is 5.93. The third-order valence-electron chi connectivity index (χ3n) is 8.20. The van der Waals surface area contributed by atoms with Gasteiger partial charge < -0.3 is 43.6 Å². The van der Waals surface area contributed by atoms with Crippen LogP contribution in [0.4, 0.5) is 0 Å². The number of nitrogens with zero attached hydrogens (tertiary/aromatic N) is 2. The van der Waals surface area contributed by atoms with Crippen molar-refractivity contribution in [2.24, 2.45) is 27.9 Å². The highest BCUT2D eigenvalue weighted by molar-refractivity contribution is 5.96. The van der Waals surface area contributed by atoms with Crippen LogP contribution in [0.5, 0.6) is 5.75 Å². The van der Waals surface area contributed by atoms with Crippen LogP contribution in [0.1, 0.15) is 40.7 Å². The van der Waals surface area contributed by atoms with Crippen molar-refractivity contribution < 1.29 is 24.3 Å². The SMILES string of the molecule is Cc1cc(O)cc(C)c1C[C@H](N)C(=O)N[C@H](CCCN=C(N)N)C(=O)N[C@H]1Cc2c(ccc3ccccc23)CN(CC(N)=O)C1=O. The van der Waals surface area contributed by atoms with Gasteiger partial charge in [0.05, 0.1) is 12.6 Å². The fourth-order valence-corrected chi connectivity index (χ4v) is 5.93. The maximum Gasteiger partial charge on any atom is 0.246 e. The molecule has 4 rings (SSSR count). The zero-order chi connectivity index (χ0) is 33.5. The van der Waals surface area contributed by atoms with Crippen LogP contribution in [-0.4, -0.2) is 70.8 Å². The minimum atomic E-state index is -1.07. The Morgan fingerprint density at radius 2 is 1.74 bits per heavy atom. The molecule has 0 unspecified atom stereocenters. The number of aliphatic imine (C=N–C) groups is 1. The molecule has 0 aromatic heterocycles. The number of nitrogens with two attached hydrogens (primary N) is 4. The highest BCUT2D eigenvalue weighted by atomic mass is 16.3. The number of fused-ring (bicyclic) bond motifs is 3. The van der Waals surface area contributed by atoms with Gasteiger partial charge in [-0.3, -0.25) is 24.2 Å². The maximum absolute atomic E-state index is 13.8. The number of phenolic OH excluding ortho intramolecular Hbond substituents is 1. The third-order valence-corrected chi connectivity index (χ3v) is 8.20. The van der Waals surface area contributed by atoms with E-state index in [1.54, 1.807) is 12.1 Å². The molecule has 3 aromatic rings. The highest BCUT2D eigenvalue weighted by Gasteiger charge is 2.34. The molecule has 11 N–H and O–H groups in total. The summed E-state index contributed by atoms with van der Waals surface area (Å²) in [6, 6.07) is 11.7. The topological polar surface area (TPSA) is 232 Å². The summed E-state index contributed by atoms with van der Waals surface area (Å²) in [4.78, 5) is 58.1. The number of rotatable bonds is 12. The number of benzene rings is 3. The van der Waals surface area contributed by atoms with Gasteiger partial charge >= 0.3 is 0 Å². The van der Waals surface area contributed by atoms with Crippen molar-refractivity contribution in [1.29, 1.82) is 0 Å². The number of hydrogen-bond acceptors (Lipinski definition) is 7. The molecule has 0 bridgehead atoms. The Labute approximate surface area is 267 Å². The Bertz CT molecular complexity index is 1650. The Balaban J connectivity index is 1.58. The lowest BCUT2D eigenvalue weighted by atomic mass is 9.94. The summed E-state index contributed by atoms with van der Waals surface area (Å²) in [6.45, 7) is 3.69. The smallest absolute Gasteiger partial charge is 0.246 e. The zero-order valence-electron chi connectivity index (χ0n) is 26.1. The van der Waals surface area contributed by atoms with E-state index >= 15 is 0 Å². The van der Waals surface area contributed by atoms with Crippen LogP contribution < -0.4 is 33.6 Å². The van der Waals surface area contributed by atoms with Crippen LogP contribution in [0.3, 0.4) is 0 Å². The summed E-state index contributed by atoms with van der Waals surface area (Å²) in [6.07, 6.45) is 0.856. The predicted octanol–water partition coefficient (Wildman–Crippen LogP) is 0.125. The van der Waals surface area contributed by atoms with E-state index in [2.05, 4.69) is 15.6 Å². The van der Waals surface area contributed by atoms with E-state index in [9.17, 15) is 24.3 Å². The van der Waals surface area contributed by atoms with Crippen molar-refractivity contribution in [3.63, 3.8) is 0 Å². The van der Waals surface area contributed by atoms with Crippen LogP contribution in [0.15, 0.2) is 53.5 Å². The molecule has 13 heteroatoms. The largest absolute Gasteiger partial charge is 0.508 e. The van der Waals surface area contributed by atoms with E-state index in [0.717, 1.165) is 38.6 Å². The number of primary amides is 1. The normalized spacial score (nSPS) is 15.8. The molecule has 0 saturated carbocycles. The lowest BCUT2D eigenvalue weighted by molar-refractivity contribution is -0.139. The number of aryl methyl sites for hydroxylation is 2. The number of aromatic hydroxyl groups is 1. The molecule has 1 aliphatic rings. The van der Waals surface area contributed by atoms with Gasteiger partial charge in [-0.05, 0) is 83.8 Å². The van der Waals surface area contributed by atoms with Gasteiger partial charge in [0.1, 0.15) is 17.8 Å². The molecule has 1 aliphatic heterocycles. The predicted molar refractivity (Wildman–Crippen MR) is 175 cm³/mol. The molecule has 1 heterocycles. The van der Waals surface area contributed by atoms with Crippen molar-refractivity contribution in [3.8, 4) is 5.75 Å². The average molecular weight is 631 g/mol. The molecule has 244 valence electrons. The van der Waals surface area contributed by atoms with Crippen molar-refractivity contribution >= 4 is 40.4 Å². The average Bonchev–Trinajstić information content (AvgIpc) is 3.11. The van der Waals surface area contributed by atoms with E-state index in [-0.39, 0.29) is 50.6 Å². The van der Waals surface area contributed by atoms with Gasteiger partial charge in [0, 0.05) is 19.5 Å². The number of phenols is 1. The second kappa shape index (κ2) is 14.7. The monoisotopic (exact) mass is 630 g/mol. The van der Waals surface area contributed by atoms with Gasteiger partial charge in [0.25, 0.3) is 0 Å². The maximum atomic E-state index is 13.8. The van der Waals surface area contributed by atoms with Crippen LogP contribution in [0.2, 0.25) is 0 Å². The minimum Gasteiger partial charge on any atom is -0.508 e. The van der Waals surface area contributed by atoms with Crippen LogP contribution in [0.25, 0.3) is 10.8 Å². The summed E-state index contributed by atoms with van der Waals surface area (Å²) in [5, 5.41) is 17.4. The summed E-state index contributed by atoms with van der Waals surface area (Å²) in [5.74, 6) is -2.28. The number of nitrogens with one attached hydrogen (secondary N) is 2. The number of carbonyl (C=O) groups is 4. The van der Waals surface area contributed by atoms with E-state index in [1.807, 2.05) is 50.2 Å². The fraction of sp³-hybridized carbons (Fsp3) is 0.364. The summed E-state index contributed by atoms with van der Waals surface area (Å²) < 4.78 is 0. The van der Waals surface area contributed by atoms with Crippen LogP contribution >= 0.6 is 0 Å². The first-order valence-electron chi connectivity index (χ1n) is 15.1. The number of amides is 4. The quantitative estimate of drug-likeness (QED) is 0.0823. The van der Waals surface area contributed by atoms with E-state index in [1.165, 1.54) is 4.90 Å². The number of hydrogen-bond donors (Lipinski definition) is 7. The first-order chi connectivity index (χ1) is 21.8. The molecule has 4 amide bonds. The Hall–Kier alpha value is -5.17. The third kappa shape index (κ3) is 8.30. The molecule has 0 radical (unpaired) electrons. The molecule has 0 spiro atoms. The minimum absolute atomic E-state index is 0.101. The van der Waals surface area contributed by atoms with Gasteiger partial charge in [-0.25, -0.2) is 0 Å². The first kappa shape index (κ1) is 33.7. The molecular formula is C33H42N8O5. The highest BCUT2D eigenvalue weighted by Crippen LogP contribution is 2.28. The molecule has 0 aliphatic carbocycles. The van der Waals surface area contributed by atoms with Crippen LogP contribution in [-0.2, 0) is 38.6 Å². The first-order valence-corrected chi connectivity index (χ1v) is 15.1. The number of carbonyl (C=O) groups excluding carboxylic acids is 4.